The molecule has 2 aliphatic carbocycles. The van der Waals surface area contributed by atoms with E-state index in [4.69, 9.17) is 32.7 Å². The van der Waals surface area contributed by atoms with Crippen LogP contribution in [0.5, 0.6) is 0 Å². The number of halogens is 2. The average molecular weight is 475 g/mol. The van der Waals surface area contributed by atoms with Crippen molar-refractivity contribution in [3.8, 4) is 0 Å². The van der Waals surface area contributed by atoms with Crippen LogP contribution in [0, 0.1) is 17.8 Å². The van der Waals surface area contributed by atoms with Crippen molar-refractivity contribution in [3.05, 3.63) is 28.2 Å². The van der Waals surface area contributed by atoms with E-state index in [0.29, 0.717) is 25.7 Å². The molecule has 7 atom stereocenters. The lowest BCUT2D eigenvalue weighted by Gasteiger charge is -2.34. The molecule has 4 fully saturated rings. The molecule has 0 unspecified atom stereocenters. The van der Waals surface area contributed by atoms with Gasteiger partial charge < -0.3 is 14.6 Å². The monoisotopic (exact) mass is 474 g/mol. The Morgan fingerprint density at radius 3 is 2.60 bits per heavy atom. The minimum atomic E-state index is -3.79. The molecular formula is C21H24Cl2O6S. The zero-order valence-corrected chi connectivity index (χ0v) is 19.1. The number of sulfone groups is 1. The van der Waals surface area contributed by atoms with E-state index in [1.54, 1.807) is 6.92 Å². The van der Waals surface area contributed by atoms with Crippen LogP contribution < -0.4 is 0 Å². The maximum Gasteiger partial charge on any atom is 0.310 e. The lowest BCUT2D eigenvalue weighted by molar-refractivity contribution is -0.150. The molecule has 1 N–H and O–H groups in total. The summed E-state index contributed by atoms with van der Waals surface area (Å²) in [5.41, 5.74) is -1.88. The molecule has 0 aromatic heterocycles. The zero-order valence-electron chi connectivity index (χ0n) is 16.7. The Morgan fingerprint density at radius 1 is 1.17 bits per heavy atom. The number of rotatable bonds is 3. The number of benzene rings is 1. The third-order valence-electron chi connectivity index (χ3n) is 7.86. The van der Waals surface area contributed by atoms with Crippen LogP contribution in [-0.2, 0) is 24.1 Å². The molecule has 5 rings (SSSR count). The highest BCUT2D eigenvalue weighted by molar-refractivity contribution is 7.91. The molecule has 1 aromatic carbocycles. The number of hydrogen-bond donors (Lipinski definition) is 1. The summed E-state index contributed by atoms with van der Waals surface area (Å²) in [4.78, 5) is 12.9. The Hall–Kier alpha value is -0.860. The van der Waals surface area contributed by atoms with Crippen LogP contribution in [0.3, 0.4) is 0 Å². The Labute approximate surface area is 185 Å². The number of fused-ring (bicyclic) bond motifs is 2. The van der Waals surface area contributed by atoms with E-state index in [-0.39, 0.29) is 38.1 Å². The number of ether oxygens (including phenoxy) is 2. The standard InChI is InChI=1S/C21H24Cl2O6S/c1-19(25)7-8-21-17(19)16-12(5-6-20(21,2)29-21)13(18(24)28-16)10-30(26,27)11-3-4-14(22)15(23)9-11/h3-4,9,12-13,16-17,25H,5-8,10H2,1-2H3/t12-,13-,16-,17-,19+,20-,21+/m0/s1. The van der Waals surface area contributed by atoms with Crippen molar-refractivity contribution in [2.45, 2.75) is 67.3 Å². The van der Waals surface area contributed by atoms with Gasteiger partial charge in [0.2, 0.25) is 0 Å². The summed E-state index contributed by atoms with van der Waals surface area (Å²) in [6.07, 6.45) is 2.06. The van der Waals surface area contributed by atoms with Crippen LogP contribution >= 0.6 is 23.2 Å². The summed E-state index contributed by atoms with van der Waals surface area (Å²) in [7, 11) is -3.79. The summed E-state index contributed by atoms with van der Waals surface area (Å²) >= 11 is 11.9. The largest absolute Gasteiger partial charge is 0.461 e. The lowest BCUT2D eigenvalue weighted by Crippen LogP contribution is -2.47. The van der Waals surface area contributed by atoms with E-state index in [1.165, 1.54) is 18.2 Å². The van der Waals surface area contributed by atoms with Gasteiger partial charge in [-0.15, -0.1) is 0 Å². The molecule has 2 saturated heterocycles. The fraction of sp³-hybridized carbons (Fsp3) is 0.667. The van der Waals surface area contributed by atoms with Gasteiger partial charge in [-0.05, 0) is 57.7 Å². The molecule has 9 heteroatoms. The van der Waals surface area contributed by atoms with E-state index in [2.05, 4.69) is 0 Å². The lowest BCUT2D eigenvalue weighted by atomic mass is 9.75. The number of carbonyl (C=O) groups excluding carboxylic acids is 1. The maximum atomic E-state index is 13.1. The molecule has 1 spiro atoms. The minimum absolute atomic E-state index is 0.0317. The molecule has 0 radical (unpaired) electrons. The van der Waals surface area contributed by atoms with Gasteiger partial charge in [0.1, 0.15) is 11.7 Å². The second-order valence-corrected chi connectivity index (χ2v) is 12.5. The van der Waals surface area contributed by atoms with Crippen molar-refractivity contribution in [2.24, 2.45) is 17.8 Å². The number of aliphatic hydroxyl groups is 1. The number of esters is 1. The molecule has 164 valence electrons. The second kappa shape index (κ2) is 6.35. The molecule has 6 nitrogen and oxygen atoms in total. The maximum absolute atomic E-state index is 13.1. The number of hydrogen-bond acceptors (Lipinski definition) is 6. The Bertz CT molecular complexity index is 1040. The summed E-state index contributed by atoms with van der Waals surface area (Å²) in [5.74, 6) is -2.30. The first kappa shape index (κ1) is 21.0. The van der Waals surface area contributed by atoms with Crippen LogP contribution in [0.25, 0.3) is 0 Å². The smallest absolute Gasteiger partial charge is 0.310 e. The molecular weight excluding hydrogens is 451 g/mol. The quantitative estimate of drug-likeness (QED) is 0.532. The fourth-order valence-electron chi connectivity index (χ4n) is 6.25. The second-order valence-electron chi connectivity index (χ2n) is 9.63. The highest BCUT2D eigenvalue weighted by Crippen LogP contribution is 2.69. The summed E-state index contributed by atoms with van der Waals surface area (Å²) in [6, 6.07) is 4.14. The molecule has 1 aromatic rings. The molecule has 30 heavy (non-hydrogen) atoms. The molecule has 0 bridgehead atoms. The first-order valence-electron chi connectivity index (χ1n) is 10.2. The Balaban J connectivity index is 1.47. The topological polar surface area (TPSA) is 93.2 Å². The van der Waals surface area contributed by atoms with Gasteiger partial charge in [0, 0.05) is 5.92 Å². The summed E-state index contributed by atoms with van der Waals surface area (Å²) < 4.78 is 38.1. The van der Waals surface area contributed by atoms with Gasteiger partial charge in [0.05, 0.1) is 43.7 Å². The average Bonchev–Trinajstić information content (AvgIpc) is 3.03. The minimum Gasteiger partial charge on any atom is -0.461 e. The Morgan fingerprint density at radius 2 is 1.90 bits per heavy atom. The van der Waals surface area contributed by atoms with Gasteiger partial charge in [0.15, 0.2) is 9.84 Å². The first-order chi connectivity index (χ1) is 13.9. The van der Waals surface area contributed by atoms with Crippen molar-refractivity contribution in [2.75, 3.05) is 5.75 Å². The van der Waals surface area contributed by atoms with Crippen LogP contribution in [0.2, 0.25) is 10.0 Å². The van der Waals surface area contributed by atoms with Crippen molar-refractivity contribution < 1.29 is 27.8 Å². The van der Waals surface area contributed by atoms with Crippen molar-refractivity contribution in [1.29, 1.82) is 0 Å². The van der Waals surface area contributed by atoms with Gasteiger partial charge in [-0.3, -0.25) is 4.79 Å². The Kier molecular flexibility index (Phi) is 4.45. The van der Waals surface area contributed by atoms with Crippen molar-refractivity contribution in [1.82, 2.24) is 0 Å². The van der Waals surface area contributed by atoms with Crippen LogP contribution in [0.4, 0.5) is 0 Å². The van der Waals surface area contributed by atoms with E-state index in [0.717, 1.165) is 0 Å². The van der Waals surface area contributed by atoms with E-state index < -0.39 is 39.0 Å². The van der Waals surface area contributed by atoms with E-state index >= 15 is 0 Å². The molecule has 4 aliphatic rings. The predicted octanol–water partition coefficient (Wildman–Crippen LogP) is 3.41. The number of epoxide rings is 1. The third kappa shape index (κ3) is 2.82. The SMILES string of the molecule is C[C@@]1(O)CC[C@]23O[C@@]2(C)CC[C@@H]2[C@H](OC(=O)[C@H]2CS(=O)(=O)c2ccc(Cl)c(Cl)c2)[C@@H]13. The van der Waals surface area contributed by atoms with Crippen LogP contribution in [-0.4, -0.2) is 48.2 Å². The van der Waals surface area contributed by atoms with Gasteiger partial charge in [-0.1, -0.05) is 23.2 Å². The molecule has 2 heterocycles. The summed E-state index contributed by atoms with van der Waals surface area (Å²) in [6.45, 7) is 3.82. The zero-order chi connectivity index (χ0) is 21.7. The van der Waals surface area contributed by atoms with Crippen molar-refractivity contribution in [3.63, 3.8) is 0 Å². The normalized spacial score (nSPS) is 44.6. The number of carbonyl (C=O) groups is 1. The first-order valence-corrected chi connectivity index (χ1v) is 12.6. The molecule has 2 saturated carbocycles. The van der Waals surface area contributed by atoms with Crippen LogP contribution in [0.1, 0.15) is 39.5 Å². The van der Waals surface area contributed by atoms with Gasteiger partial charge in [-0.2, -0.15) is 0 Å². The highest BCUT2D eigenvalue weighted by Gasteiger charge is 2.80. The molecule has 2 aliphatic heterocycles. The van der Waals surface area contributed by atoms with Crippen LogP contribution in [0.15, 0.2) is 23.1 Å². The van der Waals surface area contributed by atoms with Crippen molar-refractivity contribution >= 4 is 39.0 Å². The van der Waals surface area contributed by atoms with E-state index in [1.807, 2.05) is 6.92 Å². The predicted molar refractivity (Wildman–Crippen MR) is 110 cm³/mol. The van der Waals surface area contributed by atoms with Gasteiger partial charge in [-0.25, -0.2) is 8.42 Å². The van der Waals surface area contributed by atoms with Gasteiger partial charge in [0.25, 0.3) is 0 Å². The van der Waals surface area contributed by atoms with E-state index in [9.17, 15) is 18.3 Å². The highest BCUT2D eigenvalue weighted by atomic mass is 35.5. The van der Waals surface area contributed by atoms with Gasteiger partial charge >= 0.3 is 5.97 Å². The fourth-order valence-corrected chi connectivity index (χ4v) is 8.23. The summed E-state index contributed by atoms with van der Waals surface area (Å²) in [5, 5.41) is 11.5. The molecule has 0 amide bonds. The third-order valence-corrected chi connectivity index (χ3v) is 10.4.